The largest absolute Gasteiger partial charge is 0.375 e. The molecule has 9 heavy (non-hydrogen) atoms. The van der Waals surface area contributed by atoms with Gasteiger partial charge in [0.2, 0.25) is 0 Å². The van der Waals surface area contributed by atoms with E-state index < -0.39 is 0 Å². The van der Waals surface area contributed by atoms with Gasteiger partial charge >= 0.3 is 0 Å². The average Bonchev–Trinajstić information content (AvgIpc) is 1.90. The van der Waals surface area contributed by atoms with E-state index in [1.807, 2.05) is 0 Å². The topological polar surface area (TPSA) is 21.3 Å². The van der Waals surface area contributed by atoms with Gasteiger partial charge in [0.05, 0.1) is 12.7 Å². The molecular formula is C7H15NO. The van der Waals surface area contributed by atoms with E-state index in [-0.39, 0.29) is 0 Å². The summed E-state index contributed by atoms with van der Waals surface area (Å²) in [7, 11) is 0. The second-order valence-electron chi connectivity index (χ2n) is 2.86. The highest BCUT2D eigenvalue weighted by molar-refractivity contribution is 4.69. The lowest BCUT2D eigenvalue weighted by Gasteiger charge is -2.26. The Labute approximate surface area is 56.6 Å². The van der Waals surface area contributed by atoms with Crippen LogP contribution in [0.25, 0.3) is 0 Å². The Morgan fingerprint density at radius 1 is 1.56 bits per heavy atom. The van der Waals surface area contributed by atoms with Crippen molar-refractivity contribution in [2.24, 2.45) is 5.92 Å². The molecule has 2 heteroatoms. The van der Waals surface area contributed by atoms with Gasteiger partial charge in [-0.05, 0) is 5.92 Å². The zero-order valence-corrected chi connectivity index (χ0v) is 6.18. The standard InChI is InChI=1S/C7H15NO/c1-6(2)7-5-8-3-4-9-7/h6-8H,3-5H2,1-2H3. The lowest BCUT2D eigenvalue weighted by atomic mass is 10.1. The zero-order valence-electron chi connectivity index (χ0n) is 6.18. The van der Waals surface area contributed by atoms with Crippen molar-refractivity contribution in [3.63, 3.8) is 0 Å². The van der Waals surface area contributed by atoms with Gasteiger partial charge in [0.15, 0.2) is 0 Å². The zero-order chi connectivity index (χ0) is 6.69. The molecule has 1 heterocycles. The van der Waals surface area contributed by atoms with Crippen LogP contribution in [0, 0.1) is 5.92 Å². The first-order valence-electron chi connectivity index (χ1n) is 3.63. The van der Waals surface area contributed by atoms with Crippen LogP contribution in [0.5, 0.6) is 0 Å². The van der Waals surface area contributed by atoms with E-state index in [1.165, 1.54) is 0 Å². The van der Waals surface area contributed by atoms with Gasteiger partial charge in [0.1, 0.15) is 0 Å². The van der Waals surface area contributed by atoms with E-state index in [4.69, 9.17) is 4.74 Å². The molecule has 0 amide bonds. The van der Waals surface area contributed by atoms with Crippen LogP contribution in [0.4, 0.5) is 0 Å². The minimum absolute atomic E-state index is 0.443. The van der Waals surface area contributed by atoms with E-state index in [0.29, 0.717) is 12.0 Å². The van der Waals surface area contributed by atoms with Crippen molar-refractivity contribution in [2.45, 2.75) is 20.0 Å². The molecule has 0 aliphatic carbocycles. The number of ether oxygens (including phenoxy) is 1. The normalized spacial score (nSPS) is 29.0. The minimum atomic E-state index is 0.443. The Kier molecular flexibility index (Phi) is 2.49. The molecule has 1 N–H and O–H groups in total. The van der Waals surface area contributed by atoms with Gasteiger partial charge in [-0.1, -0.05) is 13.8 Å². The molecule has 1 aliphatic rings. The summed E-state index contributed by atoms with van der Waals surface area (Å²) in [5.74, 6) is 0.651. The fraction of sp³-hybridized carbons (Fsp3) is 1.00. The minimum Gasteiger partial charge on any atom is -0.375 e. The van der Waals surface area contributed by atoms with Crippen molar-refractivity contribution in [1.82, 2.24) is 5.32 Å². The van der Waals surface area contributed by atoms with Gasteiger partial charge < -0.3 is 10.1 Å². The van der Waals surface area contributed by atoms with Crippen LogP contribution in [0.3, 0.4) is 0 Å². The van der Waals surface area contributed by atoms with E-state index in [0.717, 1.165) is 19.7 Å². The highest BCUT2D eigenvalue weighted by Crippen LogP contribution is 2.06. The van der Waals surface area contributed by atoms with Gasteiger partial charge in [-0.25, -0.2) is 0 Å². The molecule has 2 nitrogen and oxygen atoms in total. The molecule has 54 valence electrons. The van der Waals surface area contributed by atoms with Crippen LogP contribution < -0.4 is 5.32 Å². The van der Waals surface area contributed by atoms with Crippen LogP contribution in [-0.4, -0.2) is 25.8 Å². The molecule has 1 rings (SSSR count). The Balaban J connectivity index is 2.23. The summed E-state index contributed by atoms with van der Waals surface area (Å²) in [6.45, 7) is 7.30. The highest BCUT2D eigenvalue weighted by Gasteiger charge is 2.15. The maximum absolute atomic E-state index is 5.48. The molecule has 1 unspecified atom stereocenters. The molecule has 0 aromatic heterocycles. The molecule has 1 fully saturated rings. The molecule has 0 spiro atoms. The Bertz CT molecular complexity index is 77.0. The number of hydrogen-bond acceptors (Lipinski definition) is 2. The van der Waals surface area contributed by atoms with Gasteiger partial charge in [-0.15, -0.1) is 0 Å². The summed E-state index contributed by atoms with van der Waals surface area (Å²) in [5, 5.41) is 3.29. The van der Waals surface area contributed by atoms with E-state index in [1.54, 1.807) is 0 Å². The fourth-order valence-corrected chi connectivity index (χ4v) is 1.01. The first-order valence-corrected chi connectivity index (χ1v) is 3.63. The van der Waals surface area contributed by atoms with Crippen LogP contribution in [0.1, 0.15) is 13.8 Å². The fourth-order valence-electron chi connectivity index (χ4n) is 1.01. The van der Waals surface area contributed by atoms with Gasteiger partial charge in [-0.2, -0.15) is 0 Å². The van der Waals surface area contributed by atoms with Crippen LogP contribution in [0.2, 0.25) is 0 Å². The van der Waals surface area contributed by atoms with Gasteiger partial charge in [0, 0.05) is 13.1 Å². The molecule has 0 saturated carbocycles. The van der Waals surface area contributed by atoms with Crippen molar-refractivity contribution < 1.29 is 4.74 Å². The predicted molar refractivity (Wildman–Crippen MR) is 37.4 cm³/mol. The third kappa shape index (κ3) is 1.95. The molecule has 0 aromatic carbocycles. The third-order valence-electron chi connectivity index (χ3n) is 1.70. The van der Waals surface area contributed by atoms with Crippen LogP contribution in [-0.2, 0) is 4.74 Å². The van der Waals surface area contributed by atoms with Crippen LogP contribution >= 0.6 is 0 Å². The van der Waals surface area contributed by atoms with E-state index in [9.17, 15) is 0 Å². The second-order valence-corrected chi connectivity index (χ2v) is 2.86. The summed E-state index contributed by atoms with van der Waals surface area (Å²) in [6, 6.07) is 0. The summed E-state index contributed by atoms with van der Waals surface area (Å²) in [6.07, 6.45) is 0.443. The van der Waals surface area contributed by atoms with E-state index in [2.05, 4.69) is 19.2 Å². The second kappa shape index (κ2) is 3.18. The average molecular weight is 129 g/mol. The van der Waals surface area contributed by atoms with Crippen molar-refractivity contribution in [3.05, 3.63) is 0 Å². The molecule has 0 aromatic rings. The Hall–Kier alpha value is -0.0800. The predicted octanol–water partition coefficient (Wildman–Crippen LogP) is 0.631. The van der Waals surface area contributed by atoms with Crippen LogP contribution in [0.15, 0.2) is 0 Å². The summed E-state index contributed by atoms with van der Waals surface area (Å²) in [5.41, 5.74) is 0. The molecule has 1 aliphatic heterocycles. The summed E-state index contributed by atoms with van der Waals surface area (Å²) in [4.78, 5) is 0. The molecular weight excluding hydrogens is 114 g/mol. The smallest absolute Gasteiger partial charge is 0.0722 e. The van der Waals surface area contributed by atoms with Gasteiger partial charge in [0.25, 0.3) is 0 Å². The Morgan fingerprint density at radius 2 is 2.33 bits per heavy atom. The summed E-state index contributed by atoms with van der Waals surface area (Å²) >= 11 is 0. The lowest BCUT2D eigenvalue weighted by Crippen LogP contribution is -2.41. The maximum Gasteiger partial charge on any atom is 0.0722 e. The van der Waals surface area contributed by atoms with Crippen molar-refractivity contribution in [1.29, 1.82) is 0 Å². The third-order valence-corrected chi connectivity index (χ3v) is 1.70. The number of morpholine rings is 1. The van der Waals surface area contributed by atoms with Crippen molar-refractivity contribution >= 4 is 0 Å². The molecule has 1 saturated heterocycles. The SMILES string of the molecule is CC(C)C1CNCCO1. The molecule has 0 bridgehead atoms. The molecule has 0 radical (unpaired) electrons. The quantitative estimate of drug-likeness (QED) is 0.560. The van der Waals surface area contributed by atoms with Crippen molar-refractivity contribution in [2.75, 3.05) is 19.7 Å². The monoisotopic (exact) mass is 129 g/mol. The van der Waals surface area contributed by atoms with Crippen molar-refractivity contribution in [3.8, 4) is 0 Å². The first kappa shape index (κ1) is 7.03. The Morgan fingerprint density at radius 3 is 2.67 bits per heavy atom. The maximum atomic E-state index is 5.48. The first-order chi connectivity index (χ1) is 4.30. The number of nitrogens with one attached hydrogen (secondary N) is 1. The van der Waals surface area contributed by atoms with E-state index >= 15 is 0 Å². The number of hydrogen-bond donors (Lipinski definition) is 1. The molecule has 1 atom stereocenters. The highest BCUT2D eigenvalue weighted by atomic mass is 16.5. The van der Waals surface area contributed by atoms with Gasteiger partial charge in [-0.3, -0.25) is 0 Å². The lowest BCUT2D eigenvalue weighted by molar-refractivity contribution is 0.000508. The number of rotatable bonds is 1. The summed E-state index contributed by atoms with van der Waals surface area (Å²) < 4.78 is 5.48.